The Balaban J connectivity index is 2.93. The predicted octanol–water partition coefficient (Wildman–Crippen LogP) is 2.08. The van der Waals surface area contributed by atoms with Crippen LogP contribution in [0.5, 0.6) is 0 Å². The third-order valence-corrected chi connectivity index (χ3v) is 4.12. The van der Waals surface area contributed by atoms with E-state index in [-0.39, 0.29) is 16.7 Å². The number of aromatic carboxylic acids is 1. The van der Waals surface area contributed by atoms with Crippen LogP contribution in [0.25, 0.3) is 0 Å². The SMILES string of the molecule is CC(C)c1cc(C(=O)O)cc(NCC(C)S(C)=O)n1. The topological polar surface area (TPSA) is 79.3 Å². The average molecular weight is 284 g/mol. The second-order valence-electron chi connectivity index (χ2n) is 4.82. The van der Waals surface area contributed by atoms with E-state index in [0.717, 1.165) is 5.69 Å². The van der Waals surface area contributed by atoms with Crippen LogP contribution in [0, 0.1) is 0 Å². The van der Waals surface area contributed by atoms with Crippen molar-refractivity contribution in [1.82, 2.24) is 4.98 Å². The van der Waals surface area contributed by atoms with Gasteiger partial charge in [0.15, 0.2) is 0 Å². The standard InChI is InChI=1S/C13H20N2O3S/c1-8(2)11-5-10(13(16)17)6-12(15-11)14-7-9(3)19(4)18/h5-6,8-9H,7H2,1-4H3,(H,14,15)(H,16,17). The fraction of sp³-hybridized carbons (Fsp3) is 0.538. The summed E-state index contributed by atoms with van der Waals surface area (Å²) in [6.45, 7) is 6.28. The molecule has 0 radical (unpaired) electrons. The predicted molar refractivity (Wildman–Crippen MR) is 77.3 cm³/mol. The first-order valence-electron chi connectivity index (χ1n) is 6.12. The molecule has 0 aliphatic rings. The molecule has 5 nitrogen and oxygen atoms in total. The third kappa shape index (κ3) is 4.63. The molecule has 0 amide bonds. The molecule has 1 heterocycles. The summed E-state index contributed by atoms with van der Waals surface area (Å²) in [6, 6.07) is 3.08. The Morgan fingerprint density at radius 3 is 2.53 bits per heavy atom. The molecule has 0 spiro atoms. The van der Waals surface area contributed by atoms with E-state index in [4.69, 9.17) is 5.11 Å². The van der Waals surface area contributed by atoms with Crippen LogP contribution in [0.2, 0.25) is 0 Å². The first-order chi connectivity index (χ1) is 8.81. The molecular formula is C13H20N2O3S. The number of pyridine rings is 1. The Bertz CT molecular complexity index is 489. The lowest BCUT2D eigenvalue weighted by Gasteiger charge is -2.13. The Hall–Kier alpha value is -1.43. The highest BCUT2D eigenvalue weighted by molar-refractivity contribution is 7.84. The fourth-order valence-corrected chi connectivity index (χ4v) is 1.75. The van der Waals surface area contributed by atoms with Gasteiger partial charge in [0.1, 0.15) is 5.82 Å². The number of aromatic nitrogens is 1. The molecule has 19 heavy (non-hydrogen) atoms. The summed E-state index contributed by atoms with van der Waals surface area (Å²) in [5.74, 6) is -0.307. The Morgan fingerprint density at radius 1 is 1.42 bits per heavy atom. The molecule has 1 aromatic heterocycles. The van der Waals surface area contributed by atoms with Crippen LogP contribution >= 0.6 is 0 Å². The van der Waals surface area contributed by atoms with Crippen molar-refractivity contribution in [3.8, 4) is 0 Å². The van der Waals surface area contributed by atoms with E-state index < -0.39 is 16.8 Å². The second-order valence-corrected chi connectivity index (χ2v) is 6.62. The van der Waals surface area contributed by atoms with E-state index >= 15 is 0 Å². The highest BCUT2D eigenvalue weighted by Gasteiger charge is 2.12. The first kappa shape index (κ1) is 15.6. The molecule has 2 unspecified atom stereocenters. The van der Waals surface area contributed by atoms with Crippen molar-refractivity contribution in [2.45, 2.75) is 31.9 Å². The number of rotatable bonds is 6. The van der Waals surface area contributed by atoms with Crippen molar-refractivity contribution >= 4 is 22.6 Å². The van der Waals surface area contributed by atoms with E-state index in [1.165, 1.54) is 6.07 Å². The molecule has 2 atom stereocenters. The zero-order valence-electron chi connectivity index (χ0n) is 11.6. The molecule has 0 aromatic carbocycles. The first-order valence-corrected chi connectivity index (χ1v) is 7.74. The molecule has 106 valence electrons. The molecule has 2 N–H and O–H groups in total. The zero-order chi connectivity index (χ0) is 14.6. The highest BCUT2D eigenvalue weighted by Crippen LogP contribution is 2.17. The van der Waals surface area contributed by atoms with Gasteiger partial charge in [0.2, 0.25) is 0 Å². The number of carboxylic acid groups (broad SMARTS) is 1. The van der Waals surface area contributed by atoms with Gasteiger partial charge in [-0.3, -0.25) is 4.21 Å². The number of nitrogens with zero attached hydrogens (tertiary/aromatic N) is 1. The number of anilines is 1. The molecule has 0 bridgehead atoms. The van der Waals surface area contributed by atoms with Gasteiger partial charge in [-0.15, -0.1) is 0 Å². The van der Waals surface area contributed by atoms with Gasteiger partial charge in [-0.1, -0.05) is 13.8 Å². The molecule has 0 aliphatic carbocycles. The minimum absolute atomic E-state index is 0.0159. The molecule has 0 fully saturated rings. The minimum Gasteiger partial charge on any atom is -0.478 e. The van der Waals surface area contributed by atoms with Crippen molar-refractivity contribution < 1.29 is 14.1 Å². The lowest BCUT2D eigenvalue weighted by atomic mass is 10.1. The quantitative estimate of drug-likeness (QED) is 0.836. The Labute approximate surface area is 115 Å². The van der Waals surface area contributed by atoms with Crippen molar-refractivity contribution in [1.29, 1.82) is 0 Å². The summed E-state index contributed by atoms with van der Waals surface area (Å²) in [4.78, 5) is 15.4. The summed E-state index contributed by atoms with van der Waals surface area (Å²) < 4.78 is 11.3. The van der Waals surface area contributed by atoms with Gasteiger partial charge in [0, 0.05) is 34.5 Å². The average Bonchev–Trinajstić information content (AvgIpc) is 2.35. The molecule has 0 saturated carbocycles. The molecule has 0 aliphatic heterocycles. The monoisotopic (exact) mass is 284 g/mol. The summed E-state index contributed by atoms with van der Waals surface area (Å²) in [7, 11) is -0.919. The van der Waals surface area contributed by atoms with Crippen molar-refractivity contribution in [2.24, 2.45) is 0 Å². The molecule has 1 aromatic rings. The molecule has 1 rings (SSSR count). The van der Waals surface area contributed by atoms with E-state index in [1.807, 2.05) is 20.8 Å². The summed E-state index contributed by atoms with van der Waals surface area (Å²) >= 11 is 0. The van der Waals surface area contributed by atoms with Gasteiger partial charge < -0.3 is 10.4 Å². The van der Waals surface area contributed by atoms with Crippen LogP contribution in [0.15, 0.2) is 12.1 Å². The maximum absolute atomic E-state index is 11.3. The lowest BCUT2D eigenvalue weighted by molar-refractivity contribution is 0.0696. The zero-order valence-corrected chi connectivity index (χ0v) is 12.5. The van der Waals surface area contributed by atoms with E-state index in [1.54, 1.807) is 12.3 Å². The summed E-state index contributed by atoms with van der Waals surface area (Å²) in [5, 5.41) is 12.1. The minimum atomic E-state index is -0.973. The van der Waals surface area contributed by atoms with Gasteiger partial charge in [-0.05, 0) is 25.0 Å². The van der Waals surface area contributed by atoms with Crippen LogP contribution in [0.1, 0.15) is 42.7 Å². The van der Waals surface area contributed by atoms with Gasteiger partial charge >= 0.3 is 5.97 Å². The van der Waals surface area contributed by atoms with Crippen LogP contribution in [0.3, 0.4) is 0 Å². The van der Waals surface area contributed by atoms with Crippen molar-refractivity contribution in [3.05, 3.63) is 23.4 Å². The van der Waals surface area contributed by atoms with Crippen molar-refractivity contribution in [3.63, 3.8) is 0 Å². The normalized spacial score (nSPS) is 14.2. The largest absolute Gasteiger partial charge is 0.478 e. The number of carboxylic acids is 1. The lowest BCUT2D eigenvalue weighted by Crippen LogP contribution is -2.21. The Kier molecular flexibility index (Phi) is 5.47. The van der Waals surface area contributed by atoms with E-state index in [9.17, 15) is 9.00 Å². The van der Waals surface area contributed by atoms with Crippen molar-refractivity contribution in [2.75, 3.05) is 18.1 Å². The Morgan fingerprint density at radius 2 is 2.05 bits per heavy atom. The number of nitrogens with one attached hydrogen (secondary N) is 1. The van der Waals surface area contributed by atoms with E-state index in [2.05, 4.69) is 10.3 Å². The second kappa shape index (κ2) is 6.65. The summed E-state index contributed by atoms with van der Waals surface area (Å²) in [6.07, 6.45) is 1.65. The number of hydrogen-bond acceptors (Lipinski definition) is 4. The van der Waals surface area contributed by atoms with Crippen LogP contribution < -0.4 is 5.32 Å². The summed E-state index contributed by atoms with van der Waals surface area (Å²) in [5.41, 5.74) is 0.944. The van der Waals surface area contributed by atoms with Crippen LogP contribution in [-0.4, -0.2) is 38.3 Å². The number of hydrogen-bond donors (Lipinski definition) is 2. The molecule has 6 heteroatoms. The van der Waals surface area contributed by atoms with Crippen LogP contribution in [-0.2, 0) is 10.8 Å². The number of carbonyl (C=O) groups is 1. The van der Waals surface area contributed by atoms with Gasteiger partial charge in [0.05, 0.1) is 5.56 Å². The van der Waals surface area contributed by atoms with Gasteiger partial charge in [0.25, 0.3) is 0 Å². The molecule has 0 saturated heterocycles. The third-order valence-electron chi connectivity index (χ3n) is 2.82. The highest BCUT2D eigenvalue weighted by atomic mass is 32.2. The molecular weight excluding hydrogens is 264 g/mol. The fourth-order valence-electron chi connectivity index (χ4n) is 1.43. The maximum Gasteiger partial charge on any atom is 0.335 e. The smallest absolute Gasteiger partial charge is 0.335 e. The maximum atomic E-state index is 11.3. The van der Waals surface area contributed by atoms with Crippen LogP contribution in [0.4, 0.5) is 5.82 Å². The van der Waals surface area contributed by atoms with Gasteiger partial charge in [-0.2, -0.15) is 0 Å². The van der Waals surface area contributed by atoms with Gasteiger partial charge in [-0.25, -0.2) is 9.78 Å². The van der Waals surface area contributed by atoms with E-state index in [0.29, 0.717) is 12.4 Å².